The van der Waals surface area contributed by atoms with Crippen molar-refractivity contribution in [1.82, 2.24) is 10.2 Å². The summed E-state index contributed by atoms with van der Waals surface area (Å²) in [6.45, 7) is 3.34. The number of ether oxygens (including phenoxy) is 1. The Morgan fingerprint density at radius 2 is 2.24 bits per heavy atom. The fourth-order valence-electron chi connectivity index (χ4n) is 3.99. The first-order valence-electron chi connectivity index (χ1n) is 8.04. The zero-order valence-electron chi connectivity index (χ0n) is 12.3. The van der Waals surface area contributed by atoms with Gasteiger partial charge in [0.25, 0.3) is 0 Å². The van der Waals surface area contributed by atoms with Crippen molar-refractivity contribution in [3.05, 3.63) is 35.4 Å². The second-order valence-corrected chi connectivity index (χ2v) is 6.36. The predicted octanol–water partition coefficient (Wildman–Crippen LogP) is 1.51. The zero-order chi connectivity index (χ0) is 14.2. The lowest BCUT2D eigenvalue weighted by molar-refractivity contribution is -0.133. The fraction of sp³-hybridized carbons (Fsp3) is 0.588. The summed E-state index contributed by atoms with van der Waals surface area (Å²) < 4.78 is 5.95. The van der Waals surface area contributed by atoms with E-state index in [1.54, 1.807) is 0 Å². The molecule has 1 amide bonds. The lowest BCUT2D eigenvalue weighted by Crippen LogP contribution is -2.41. The Morgan fingerprint density at radius 1 is 1.33 bits per heavy atom. The molecule has 3 aliphatic heterocycles. The Kier molecular flexibility index (Phi) is 3.43. The number of benzene rings is 1. The van der Waals surface area contributed by atoms with Gasteiger partial charge in [-0.05, 0) is 36.9 Å². The summed E-state index contributed by atoms with van der Waals surface area (Å²) in [5.41, 5.74) is 2.63. The Hall–Kier alpha value is -1.39. The molecule has 3 unspecified atom stereocenters. The summed E-state index contributed by atoms with van der Waals surface area (Å²) in [4.78, 5) is 14.6. The van der Waals surface area contributed by atoms with Crippen LogP contribution in [0.4, 0.5) is 0 Å². The Balaban J connectivity index is 1.51. The summed E-state index contributed by atoms with van der Waals surface area (Å²) in [5, 5.41) is 3.49. The predicted molar refractivity (Wildman–Crippen MR) is 79.9 cm³/mol. The molecular weight excluding hydrogens is 264 g/mol. The number of nitrogens with zero attached hydrogens (tertiary/aromatic N) is 1. The van der Waals surface area contributed by atoms with Crippen LogP contribution in [-0.4, -0.2) is 43.1 Å². The number of carbonyl (C=O) groups is 1. The highest BCUT2D eigenvalue weighted by atomic mass is 16.5. The number of nitrogens with one attached hydrogen (secondary N) is 1. The SMILES string of the molecule is O=C1C2CCCNC2CN1CC1OCCc2ccccc21. The molecule has 112 valence electrons. The van der Waals surface area contributed by atoms with Gasteiger partial charge in [-0.25, -0.2) is 0 Å². The van der Waals surface area contributed by atoms with Crippen molar-refractivity contribution in [1.29, 1.82) is 0 Å². The molecule has 0 aromatic heterocycles. The minimum Gasteiger partial charge on any atom is -0.371 e. The van der Waals surface area contributed by atoms with E-state index >= 15 is 0 Å². The van der Waals surface area contributed by atoms with Crippen LogP contribution in [0.3, 0.4) is 0 Å². The maximum atomic E-state index is 12.6. The molecule has 3 aliphatic rings. The van der Waals surface area contributed by atoms with Crippen molar-refractivity contribution < 1.29 is 9.53 Å². The molecule has 3 heterocycles. The van der Waals surface area contributed by atoms with E-state index in [1.165, 1.54) is 11.1 Å². The lowest BCUT2D eigenvalue weighted by atomic mass is 9.93. The second-order valence-electron chi connectivity index (χ2n) is 6.36. The van der Waals surface area contributed by atoms with Gasteiger partial charge in [0.15, 0.2) is 0 Å². The summed E-state index contributed by atoms with van der Waals surface area (Å²) in [7, 11) is 0. The third-order valence-electron chi connectivity index (χ3n) is 5.11. The Bertz CT molecular complexity index is 545. The van der Waals surface area contributed by atoms with Crippen molar-refractivity contribution >= 4 is 5.91 Å². The molecule has 4 rings (SSSR count). The number of carbonyl (C=O) groups excluding carboxylic acids is 1. The molecular formula is C17H22N2O2. The van der Waals surface area contributed by atoms with Crippen LogP contribution < -0.4 is 5.32 Å². The highest BCUT2D eigenvalue weighted by molar-refractivity contribution is 5.82. The molecule has 3 atom stereocenters. The van der Waals surface area contributed by atoms with Crippen LogP contribution in [0, 0.1) is 5.92 Å². The molecule has 2 fully saturated rings. The number of likely N-dealkylation sites (tertiary alicyclic amines) is 1. The second kappa shape index (κ2) is 5.43. The molecule has 0 saturated carbocycles. The number of piperidine rings is 1. The van der Waals surface area contributed by atoms with E-state index < -0.39 is 0 Å². The van der Waals surface area contributed by atoms with E-state index in [1.807, 2.05) is 4.90 Å². The molecule has 4 heteroatoms. The number of hydrogen-bond acceptors (Lipinski definition) is 3. The summed E-state index contributed by atoms with van der Waals surface area (Å²) >= 11 is 0. The van der Waals surface area contributed by atoms with Crippen LogP contribution in [-0.2, 0) is 16.0 Å². The highest BCUT2D eigenvalue weighted by Crippen LogP contribution is 2.31. The van der Waals surface area contributed by atoms with Crippen LogP contribution >= 0.6 is 0 Å². The largest absolute Gasteiger partial charge is 0.371 e. The Labute approximate surface area is 125 Å². The van der Waals surface area contributed by atoms with Crippen LogP contribution in [0.2, 0.25) is 0 Å². The van der Waals surface area contributed by atoms with Crippen LogP contribution in [0.5, 0.6) is 0 Å². The van der Waals surface area contributed by atoms with E-state index in [9.17, 15) is 4.79 Å². The van der Waals surface area contributed by atoms with Gasteiger partial charge in [-0.15, -0.1) is 0 Å². The molecule has 4 nitrogen and oxygen atoms in total. The zero-order valence-corrected chi connectivity index (χ0v) is 12.3. The van der Waals surface area contributed by atoms with Gasteiger partial charge in [0.1, 0.15) is 6.10 Å². The molecule has 0 bridgehead atoms. The topological polar surface area (TPSA) is 41.6 Å². The van der Waals surface area contributed by atoms with E-state index in [4.69, 9.17) is 4.74 Å². The lowest BCUT2D eigenvalue weighted by Gasteiger charge is -2.29. The van der Waals surface area contributed by atoms with Gasteiger partial charge < -0.3 is 15.0 Å². The first-order valence-corrected chi connectivity index (χ1v) is 8.04. The molecule has 0 aliphatic carbocycles. The van der Waals surface area contributed by atoms with Gasteiger partial charge in [-0.3, -0.25) is 4.79 Å². The summed E-state index contributed by atoms with van der Waals surface area (Å²) in [6, 6.07) is 8.82. The number of fused-ring (bicyclic) bond motifs is 2. The summed E-state index contributed by atoms with van der Waals surface area (Å²) in [5.74, 6) is 0.511. The standard InChI is InChI=1S/C17H22N2O2/c20-17-14-6-3-8-18-15(14)10-19(17)11-16-13-5-2-1-4-12(13)7-9-21-16/h1-2,4-5,14-16,18H,3,6-11H2. The molecule has 1 aromatic carbocycles. The molecule has 1 N–H and O–H groups in total. The van der Waals surface area contributed by atoms with Crippen molar-refractivity contribution in [2.24, 2.45) is 5.92 Å². The van der Waals surface area contributed by atoms with Crippen LogP contribution in [0.1, 0.15) is 30.1 Å². The van der Waals surface area contributed by atoms with Crippen molar-refractivity contribution in [2.45, 2.75) is 31.4 Å². The van der Waals surface area contributed by atoms with Gasteiger partial charge in [-0.1, -0.05) is 24.3 Å². The average molecular weight is 286 g/mol. The fourth-order valence-corrected chi connectivity index (χ4v) is 3.99. The third-order valence-corrected chi connectivity index (χ3v) is 5.11. The third kappa shape index (κ3) is 2.36. The monoisotopic (exact) mass is 286 g/mol. The number of amides is 1. The van der Waals surface area contributed by atoms with Gasteiger partial charge in [0.05, 0.1) is 19.1 Å². The first kappa shape index (κ1) is 13.3. The highest BCUT2D eigenvalue weighted by Gasteiger charge is 2.42. The molecule has 2 saturated heterocycles. The van der Waals surface area contributed by atoms with E-state index in [0.717, 1.165) is 39.0 Å². The number of hydrogen-bond donors (Lipinski definition) is 1. The molecule has 0 spiro atoms. The minimum absolute atomic E-state index is 0.0408. The van der Waals surface area contributed by atoms with Crippen LogP contribution in [0.25, 0.3) is 0 Å². The average Bonchev–Trinajstić information content (AvgIpc) is 2.85. The van der Waals surface area contributed by atoms with Crippen LogP contribution in [0.15, 0.2) is 24.3 Å². The molecule has 21 heavy (non-hydrogen) atoms. The quantitative estimate of drug-likeness (QED) is 0.896. The van der Waals surface area contributed by atoms with Crippen molar-refractivity contribution in [2.75, 3.05) is 26.2 Å². The van der Waals surface area contributed by atoms with Crippen molar-refractivity contribution in [3.63, 3.8) is 0 Å². The number of rotatable bonds is 2. The summed E-state index contributed by atoms with van der Waals surface area (Å²) in [6.07, 6.45) is 3.17. The first-order chi connectivity index (χ1) is 10.3. The smallest absolute Gasteiger partial charge is 0.227 e. The Morgan fingerprint density at radius 3 is 3.14 bits per heavy atom. The maximum absolute atomic E-state index is 12.6. The van der Waals surface area contributed by atoms with Gasteiger partial charge in [-0.2, -0.15) is 0 Å². The minimum atomic E-state index is 0.0408. The van der Waals surface area contributed by atoms with Gasteiger partial charge in [0, 0.05) is 12.6 Å². The van der Waals surface area contributed by atoms with E-state index in [2.05, 4.69) is 29.6 Å². The molecule has 1 aromatic rings. The van der Waals surface area contributed by atoms with Crippen molar-refractivity contribution in [3.8, 4) is 0 Å². The molecule has 0 radical (unpaired) electrons. The van der Waals surface area contributed by atoms with Gasteiger partial charge in [0.2, 0.25) is 5.91 Å². The maximum Gasteiger partial charge on any atom is 0.227 e. The van der Waals surface area contributed by atoms with E-state index in [-0.39, 0.29) is 12.0 Å². The van der Waals surface area contributed by atoms with Gasteiger partial charge >= 0.3 is 0 Å². The van der Waals surface area contributed by atoms with E-state index in [0.29, 0.717) is 18.5 Å². The normalized spacial score (nSPS) is 31.9.